The van der Waals surface area contributed by atoms with Crippen LogP contribution in [0, 0.1) is 23.2 Å². The fourth-order valence-corrected chi connectivity index (χ4v) is 5.11. The van der Waals surface area contributed by atoms with Crippen LogP contribution in [0.5, 0.6) is 0 Å². The molecule has 0 amide bonds. The van der Waals surface area contributed by atoms with Crippen molar-refractivity contribution in [2.24, 2.45) is 23.2 Å². The second-order valence-corrected chi connectivity index (χ2v) is 10.2. The number of carbonyl (C=O) groups excluding carboxylic acids is 1. The van der Waals surface area contributed by atoms with E-state index in [-0.39, 0.29) is 30.1 Å². The highest BCUT2D eigenvalue weighted by atomic mass is 16.5. The number of carboxylic acid groups (broad SMARTS) is 1. The van der Waals surface area contributed by atoms with Crippen molar-refractivity contribution in [2.45, 2.75) is 97.1 Å². The van der Waals surface area contributed by atoms with Gasteiger partial charge in [-0.1, -0.05) is 38.5 Å². The maximum atomic E-state index is 12.9. The lowest BCUT2D eigenvalue weighted by Crippen LogP contribution is -2.44. The number of fused-ring (bicyclic) bond motifs is 1. The summed E-state index contributed by atoms with van der Waals surface area (Å²) in [5.74, 6) is -1.14. The number of carboxylic acids is 1. The maximum Gasteiger partial charge on any atom is 0.311 e. The molecule has 7 nitrogen and oxygen atoms in total. The average molecular weight is 453 g/mol. The van der Waals surface area contributed by atoms with Crippen LogP contribution >= 0.6 is 0 Å². The van der Waals surface area contributed by atoms with E-state index in [1.807, 2.05) is 32.9 Å². The number of esters is 1. The summed E-state index contributed by atoms with van der Waals surface area (Å²) in [6.45, 7) is 7.89. The molecule has 2 aliphatic carbocycles. The molecule has 0 aliphatic heterocycles. The van der Waals surface area contributed by atoms with Crippen LogP contribution in [0.3, 0.4) is 0 Å². The summed E-state index contributed by atoms with van der Waals surface area (Å²) < 4.78 is 6.00. The van der Waals surface area contributed by atoms with Crippen molar-refractivity contribution in [1.82, 2.24) is 0 Å². The average Bonchev–Trinajstić information content (AvgIpc) is 2.66. The van der Waals surface area contributed by atoms with Crippen LogP contribution in [0.1, 0.15) is 72.6 Å². The van der Waals surface area contributed by atoms with Crippen molar-refractivity contribution >= 4 is 11.9 Å². The van der Waals surface area contributed by atoms with Crippen molar-refractivity contribution in [3.63, 3.8) is 0 Å². The highest BCUT2D eigenvalue weighted by molar-refractivity contribution is 5.76. The summed E-state index contributed by atoms with van der Waals surface area (Å²) in [4.78, 5) is 23.7. The van der Waals surface area contributed by atoms with Crippen LogP contribution < -0.4 is 0 Å². The molecule has 32 heavy (non-hydrogen) atoms. The molecule has 0 saturated carbocycles. The Labute approximate surface area is 191 Å². The van der Waals surface area contributed by atoms with E-state index in [0.717, 1.165) is 18.4 Å². The quantitative estimate of drug-likeness (QED) is 0.355. The van der Waals surface area contributed by atoms with Crippen molar-refractivity contribution < 1.29 is 34.8 Å². The van der Waals surface area contributed by atoms with Gasteiger partial charge in [0.05, 0.1) is 30.1 Å². The van der Waals surface area contributed by atoms with Crippen LogP contribution in [0.15, 0.2) is 23.8 Å². The number of aliphatic hydroxyl groups excluding tert-OH is 3. The molecule has 0 aromatic carbocycles. The van der Waals surface area contributed by atoms with Gasteiger partial charge < -0.3 is 25.2 Å². The molecule has 0 bridgehead atoms. The minimum absolute atomic E-state index is 0.0128. The molecule has 0 spiro atoms. The summed E-state index contributed by atoms with van der Waals surface area (Å²) in [7, 11) is 0. The Balaban J connectivity index is 2.12. The fourth-order valence-electron chi connectivity index (χ4n) is 5.11. The SMILES string of the molecule is CCCC(C)(C)C(=O)O[C@H]1C[C@H](O)C=C2C=C[C@H](C)[C@H](CC[C@@H](O)C[C@@H](O)CC(=O)O)[C@H]21. The van der Waals surface area contributed by atoms with E-state index >= 15 is 0 Å². The van der Waals surface area contributed by atoms with Gasteiger partial charge in [0, 0.05) is 12.3 Å². The lowest BCUT2D eigenvalue weighted by molar-refractivity contribution is -0.165. The van der Waals surface area contributed by atoms with Crippen molar-refractivity contribution in [2.75, 3.05) is 0 Å². The smallest absolute Gasteiger partial charge is 0.311 e. The maximum absolute atomic E-state index is 12.9. The summed E-state index contributed by atoms with van der Waals surface area (Å²) in [6, 6.07) is 0. The molecule has 0 saturated heterocycles. The second kappa shape index (κ2) is 11.4. The fraction of sp³-hybridized carbons (Fsp3) is 0.760. The van der Waals surface area contributed by atoms with Crippen LogP contribution in [0.2, 0.25) is 0 Å². The summed E-state index contributed by atoms with van der Waals surface area (Å²) in [6.07, 6.45) is 5.50. The van der Waals surface area contributed by atoms with E-state index in [9.17, 15) is 24.9 Å². The van der Waals surface area contributed by atoms with Gasteiger partial charge in [-0.3, -0.25) is 9.59 Å². The second-order valence-electron chi connectivity index (χ2n) is 10.2. The first-order valence-electron chi connectivity index (χ1n) is 11.8. The lowest BCUT2D eigenvalue weighted by atomic mass is 9.66. The largest absolute Gasteiger partial charge is 0.481 e. The molecule has 0 heterocycles. The molecule has 0 aromatic heterocycles. The van der Waals surface area contributed by atoms with Gasteiger partial charge in [0.1, 0.15) is 6.10 Å². The first kappa shape index (κ1) is 26.6. The molecule has 0 fully saturated rings. The lowest BCUT2D eigenvalue weighted by Gasteiger charge is -2.43. The zero-order chi connectivity index (χ0) is 24.1. The molecule has 7 heteroatoms. The summed E-state index contributed by atoms with van der Waals surface area (Å²) >= 11 is 0. The zero-order valence-corrected chi connectivity index (χ0v) is 19.7. The monoisotopic (exact) mass is 452 g/mol. The predicted octanol–water partition coefficient (Wildman–Crippen LogP) is 3.22. The number of allylic oxidation sites excluding steroid dienone is 2. The number of ether oxygens (including phenoxy) is 1. The molecule has 0 aromatic rings. The van der Waals surface area contributed by atoms with E-state index in [0.29, 0.717) is 19.3 Å². The van der Waals surface area contributed by atoms with Crippen molar-refractivity contribution in [3.05, 3.63) is 23.8 Å². The van der Waals surface area contributed by atoms with Gasteiger partial charge in [0.25, 0.3) is 0 Å². The third-order valence-corrected chi connectivity index (χ3v) is 6.85. The molecule has 0 radical (unpaired) electrons. The Morgan fingerprint density at radius 3 is 2.56 bits per heavy atom. The number of aliphatic carboxylic acids is 1. The van der Waals surface area contributed by atoms with Crippen molar-refractivity contribution in [1.29, 1.82) is 0 Å². The van der Waals surface area contributed by atoms with Crippen LogP contribution in [-0.4, -0.2) is 56.8 Å². The number of carbonyl (C=O) groups is 2. The topological polar surface area (TPSA) is 124 Å². The van der Waals surface area contributed by atoms with Gasteiger partial charge in [-0.15, -0.1) is 0 Å². The zero-order valence-electron chi connectivity index (χ0n) is 19.7. The van der Waals surface area contributed by atoms with E-state index in [1.54, 1.807) is 0 Å². The van der Waals surface area contributed by atoms with E-state index in [4.69, 9.17) is 9.84 Å². The number of hydrogen-bond acceptors (Lipinski definition) is 6. The molecular weight excluding hydrogens is 412 g/mol. The van der Waals surface area contributed by atoms with Crippen LogP contribution in [-0.2, 0) is 14.3 Å². The molecule has 182 valence electrons. The Kier molecular flexibility index (Phi) is 9.49. The predicted molar refractivity (Wildman–Crippen MR) is 121 cm³/mol. The third-order valence-electron chi connectivity index (χ3n) is 6.85. The van der Waals surface area contributed by atoms with E-state index < -0.39 is 42.2 Å². The minimum Gasteiger partial charge on any atom is -0.481 e. The van der Waals surface area contributed by atoms with Crippen molar-refractivity contribution in [3.8, 4) is 0 Å². The molecule has 7 atom stereocenters. The first-order chi connectivity index (χ1) is 14.9. The molecular formula is C25H40O7. The minimum atomic E-state index is -1.10. The van der Waals surface area contributed by atoms with E-state index in [1.165, 1.54) is 0 Å². The van der Waals surface area contributed by atoms with Gasteiger partial charge in [0.15, 0.2) is 0 Å². The number of rotatable bonds is 11. The molecule has 2 aliphatic rings. The Morgan fingerprint density at radius 1 is 1.25 bits per heavy atom. The van der Waals surface area contributed by atoms with Crippen LogP contribution in [0.4, 0.5) is 0 Å². The molecule has 2 rings (SSSR count). The third kappa shape index (κ3) is 7.15. The van der Waals surface area contributed by atoms with Gasteiger partial charge in [-0.05, 0) is 56.9 Å². The highest BCUT2D eigenvalue weighted by Gasteiger charge is 2.43. The van der Waals surface area contributed by atoms with Gasteiger partial charge >= 0.3 is 11.9 Å². The number of aliphatic hydroxyl groups is 3. The summed E-state index contributed by atoms with van der Waals surface area (Å²) in [5, 5.41) is 39.3. The van der Waals surface area contributed by atoms with Gasteiger partial charge in [-0.2, -0.15) is 0 Å². The van der Waals surface area contributed by atoms with Gasteiger partial charge in [0.2, 0.25) is 0 Å². The highest BCUT2D eigenvalue weighted by Crippen LogP contribution is 2.44. The Morgan fingerprint density at radius 2 is 1.94 bits per heavy atom. The number of hydrogen-bond donors (Lipinski definition) is 4. The standard InChI is InChI=1S/C25H40O7/c1-5-10-25(3,4)24(31)32-21-13-18(27)11-16-7-6-15(2)20(23(16)21)9-8-17(26)12-19(28)14-22(29)30/h6-7,11,15,17-21,23,26-28H,5,8-10,12-14H2,1-4H3,(H,29,30)/t15-,17+,18+,19+,20-,21-,23-/m0/s1. The molecule has 4 N–H and O–H groups in total. The summed E-state index contributed by atoms with van der Waals surface area (Å²) in [5.41, 5.74) is 0.363. The molecule has 0 unspecified atom stereocenters. The Bertz CT molecular complexity index is 711. The van der Waals surface area contributed by atoms with Crippen LogP contribution in [0.25, 0.3) is 0 Å². The Hall–Kier alpha value is -1.70. The van der Waals surface area contributed by atoms with E-state index in [2.05, 4.69) is 13.0 Å². The first-order valence-corrected chi connectivity index (χ1v) is 11.8. The normalized spacial score (nSPS) is 29.6. The van der Waals surface area contributed by atoms with Gasteiger partial charge in [-0.25, -0.2) is 0 Å².